The first-order chi connectivity index (χ1) is 10.7. The second kappa shape index (κ2) is 4.92. The number of H-pyrrole nitrogens is 1. The average Bonchev–Trinajstić information content (AvgIpc) is 3.13. The van der Waals surface area contributed by atoms with Crippen LogP contribution in [0.3, 0.4) is 0 Å². The summed E-state index contributed by atoms with van der Waals surface area (Å²) < 4.78 is 12.4. The summed E-state index contributed by atoms with van der Waals surface area (Å²) in [5.41, 5.74) is 0.517. The monoisotopic (exact) mass is 304 g/mol. The van der Waals surface area contributed by atoms with Crippen LogP contribution in [-0.4, -0.2) is 27.6 Å². The molecule has 8 nitrogen and oxygen atoms in total. The fraction of sp³-hybridized carbons (Fsp3) is 0.500. The Labute approximate surface area is 125 Å². The molecule has 0 aliphatic carbocycles. The van der Waals surface area contributed by atoms with Gasteiger partial charge in [-0.05, 0) is 25.9 Å². The number of aromatic amines is 1. The van der Waals surface area contributed by atoms with Gasteiger partial charge in [-0.2, -0.15) is 0 Å². The normalized spacial score (nSPS) is 19.5. The van der Waals surface area contributed by atoms with Gasteiger partial charge < -0.3 is 14.5 Å². The molecular formula is C14H16N4O4. The van der Waals surface area contributed by atoms with Crippen molar-refractivity contribution in [2.24, 2.45) is 0 Å². The molecule has 2 aliphatic heterocycles. The summed E-state index contributed by atoms with van der Waals surface area (Å²) in [6.07, 6.45) is 4.26. The second-order valence-electron chi connectivity index (χ2n) is 5.68. The van der Waals surface area contributed by atoms with Gasteiger partial charge in [0.25, 0.3) is 5.56 Å². The van der Waals surface area contributed by atoms with Crippen molar-refractivity contribution in [2.75, 3.05) is 13.1 Å². The van der Waals surface area contributed by atoms with Crippen molar-refractivity contribution in [1.82, 2.24) is 19.9 Å². The SMILES string of the molecule is O=c1[nH]c(=O)n(Cc2cocn2)c2c1C1(CCNCC1)OC2. The first kappa shape index (κ1) is 13.5. The van der Waals surface area contributed by atoms with Crippen LogP contribution in [0.15, 0.2) is 26.7 Å². The molecule has 1 fully saturated rings. The van der Waals surface area contributed by atoms with Crippen LogP contribution in [0.4, 0.5) is 0 Å². The molecule has 4 heterocycles. The first-order valence-electron chi connectivity index (χ1n) is 7.28. The Morgan fingerprint density at radius 2 is 2.14 bits per heavy atom. The topological polar surface area (TPSA) is 102 Å². The van der Waals surface area contributed by atoms with Gasteiger partial charge in [0.2, 0.25) is 0 Å². The van der Waals surface area contributed by atoms with Gasteiger partial charge in [-0.25, -0.2) is 9.78 Å². The smallest absolute Gasteiger partial charge is 0.328 e. The molecule has 0 amide bonds. The number of fused-ring (bicyclic) bond motifs is 2. The van der Waals surface area contributed by atoms with Gasteiger partial charge >= 0.3 is 5.69 Å². The zero-order valence-corrected chi connectivity index (χ0v) is 11.9. The highest BCUT2D eigenvalue weighted by molar-refractivity contribution is 5.30. The molecule has 2 aromatic rings. The van der Waals surface area contributed by atoms with E-state index >= 15 is 0 Å². The molecular weight excluding hydrogens is 288 g/mol. The lowest BCUT2D eigenvalue weighted by molar-refractivity contribution is -0.0602. The van der Waals surface area contributed by atoms with E-state index in [1.165, 1.54) is 17.2 Å². The molecule has 2 N–H and O–H groups in total. The van der Waals surface area contributed by atoms with Gasteiger partial charge in [0.1, 0.15) is 11.9 Å². The van der Waals surface area contributed by atoms with Crippen molar-refractivity contribution in [2.45, 2.75) is 31.6 Å². The number of hydrogen-bond donors (Lipinski definition) is 2. The van der Waals surface area contributed by atoms with Gasteiger partial charge in [-0.3, -0.25) is 14.3 Å². The Morgan fingerprint density at radius 1 is 1.32 bits per heavy atom. The van der Waals surface area contributed by atoms with Crippen molar-refractivity contribution in [3.05, 3.63) is 50.4 Å². The second-order valence-corrected chi connectivity index (χ2v) is 5.68. The minimum absolute atomic E-state index is 0.256. The third-order valence-electron chi connectivity index (χ3n) is 4.46. The molecule has 22 heavy (non-hydrogen) atoms. The van der Waals surface area contributed by atoms with E-state index in [4.69, 9.17) is 9.15 Å². The van der Waals surface area contributed by atoms with Crippen LogP contribution in [-0.2, 0) is 23.5 Å². The molecule has 4 rings (SSSR count). The van der Waals surface area contributed by atoms with Crippen molar-refractivity contribution in [3.63, 3.8) is 0 Å². The standard InChI is InChI=1S/C14H16N4O4/c19-12-11-10(7-22-14(11)1-3-15-4-2-14)18(13(20)17-12)5-9-6-21-8-16-9/h6,8,15H,1-5,7H2,(H,17,19,20). The number of ether oxygens (including phenoxy) is 1. The van der Waals surface area contributed by atoms with Gasteiger partial charge in [0.15, 0.2) is 6.39 Å². The Balaban J connectivity index is 1.85. The van der Waals surface area contributed by atoms with E-state index in [0.717, 1.165) is 25.9 Å². The Hall–Kier alpha value is -2.19. The molecule has 0 atom stereocenters. The lowest BCUT2D eigenvalue weighted by Gasteiger charge is -2.33. The zero-order chi connectivity index (χ0) is 15.2. The molecule has 0 saturated carbocycles. The van der Waals surface area contributed by atoms with Crippen molar-refractivity contribution in [1.29, 1.82) is 0 Å². The first-order valence-corrected chi connectivity index (χ1v) is 7.28. The predicted molar refractivity (Wildman–Crippen MR) is 75.5 cm³/mol. The Bertz CT molecular complexity index is 799. The zero-order valence-electron chi connectivity index (χ0n) is 11.9. The van der Waals surface area contributed by atoms with Crippen molar-refractivity contribution in [3.8, 4) is 0 Å². The van der Waals surface area contributed by atoms with Crippen LogP contribution in [0, 0.1) is 0 Å². The highest BCUT2D eigenvalue weighted by atomic mass is 16.5. The summed E-state index contributed by atoms with van der Waals surface area (Å²) >= 11 is 0. The van der Waals surface area contributed by atoms with Gasteiger partial charge in [-0.1, -0.05) is 0 Å². The minimum Gasteiger partial charge on any atom is -0.451 e. The van der Waals surface area contributed by atoms with Gasteiger partial charge in [0, 0.05) is 0 Å². The van der Waals surface area contributed by atoms with E-state index < -0.39 is 11.3 Å². The third kappa shape index (κ3) is 1.95. The minimum atomic E-state index is -0.576. The van der Waals surface area contributed by atoms with Gasteiger partial charge in [-0.15, -0.1) is 0 Å². The van der Waals surface area contributed by atoms with Crippen LogP contribution in [0.1, 0.15) is 29.8 Å². The largest absolute Gasteiger partial charge is 0.451 e. The molecule has 1 saturated heterocycles. The van der Waals surface area contributed by atoms with Crippen LogP contribution in [0.25, 0.3) is 0 Å². The Kier molecular flexibility index (Phi) is 3.02. The van der Waals surface area contributed by atoms with Crippen molar-refractivity contribution >= 4 is 0 Å². The maximum Gasteiger partial charge on any atom is 0.328 e. The Morgan fingerprint density at radius 3 is 2.86 bits per heavy atom. The molecule has 2 aliphatic rings. The molecule has 0 unspecified atom stereocenters. The van der Waals surface area contributed by atoms with E-state index in [1.807, 2.05) is 0 Å². The molecule has 116 valence electrons. The van der Waals surface area contributed by atoms with Gasteiger partial charge in [0.05, 0.1) is 30.1 Å². The lowest BCUT2D eigenvalue weighted by Crippen LogP contribution is -2.44. The van der Waals surface area contributed by atoms with E-state index in [2.05, 4.69) is 15.3 Å². The molecule has 1 spiro atoms. The summed E-state index contributed by atoms with van der Waals surface area (Å²) in [6, 6.07) is 0. The van der Waals surface area contributed by atoms with E-state index in [0.29, 0.717) is 17.0 Å². The predicted octanol–water partition coefficient (Wildman–Crippen LogP) is -0.318. The summed E-state index contributed by atoms with van der Waals surface area (Å²) in [5, 5.41) is 3.27. The summed E-state index contributed by atoms with van der Waals surface area (Å²) in [4.78, 5) is 31.0. The fourth-order valence-corrected chi connectivity index (χ4v) is 3.38. The van der Waals surface area contributed by atoms with Crippen LogP contribution < -0.4 is 16.6 Å². The quantitative estimate of drug-likeness (QED) is 0.788. The number of hydrogen-bond acceptors (Lipinski definition) is 6. The summed E-state index contributed by atoms with van der Waals surface area (Å²) in [7, 11) is 0. The number of nitrogens with one attached hydrogen (secondary N) is 2. The van der Waals surface area contributed by atoms with E-state index in [9.17, 15) is 9.59 Å². The maximum atomic E-state index is 12.4. The van der Waals surface area contributed by atoms with E-state index in [-0.39, 0.29) is 18.7 Å². The molecule has 0 radical (unpaired) electrons. The third-order valence-corrected chi connectivity index (χ3v) is 4.46. The number of piperidine rings is 1. The number of rotatable bonds is 2. The molecule has 8 heteroatoms. The molecule has 2 aromatic heterocycles. The van der Waals surface area contributed by atoms with Crippen LogP contribution >= 0.6 is 0 Å². The fourth-order valence-electron chi connectivity index (χ4n) is 3.38. The lowest BCUT2D eigenvalue weighted by atomic mass is 9.86. The van der Waals surface area contributed by atoms with Crippen LogP contribution in [0.2, 0.25) is 0 Å². The van der Waals surface area contributed by atoms with E-state index in [1.54, 1.807) is 0 Å². The number of oxazole rings is 1. The highest BCUT2D eigenvalue weighted by Gasteiger charge is 2.44. The summed E-state index contributed by atoms with van der Waals surface area (Å²) in [6.45, 7) is 2.11. The van der Waals surface area contributed by atoms with Crippen LogP contribution in [0.5, 0.6) is 0 Å². The highest BCUT2D eigenvalue weighted by Crippen LogP contribution is 2.40. The van der Waals surface area contributed by atoms with Crippen molar-refractivity contribution < 1.29 is 9.15 Å². The maximum absolute atomic E-state index is 12.4. The molecule has 0 aromatic carbocycles. The summed E-state index contributed by atoms with van der Waals surface area (Å²) in [5.74, 6) is 0. The number of aromatic nitrogens is 3. The number of nitrogens with zero attached hydrogens (tertiary/aromatic N) is 2. The molecule has 0 bridgehead atoms. The average molecular weight is 304 g/mol.